The first-order chi connectivity index (χ1) is 17.1. The molecule has 0 N–H and O–H groups in total. The van der Waals surface area contributed by atoms with Gasteiger partial charge in [0.2, 0.25) is 15.9 Å². The second-order valence-corrected chi connectivity index (χ2v) is 12.2. The predicted octanol–water partition coefficient (Wildman–Crippen LogP) is 4.91. The van der Waals surface area contributed by atoms with Gasteiger partial charge in [-0.3, -0.25) is 4.79 Å². The Hall–Kier alpha value is -2.68. The molecule has 0 aliphatic carbocycles. The maximum atomic E-state index is 13.6. The van der Waals surface area contributed by atoms with E-state index in [2.05, 4.69) is 52.9 Å². The Labute approximate surface area is 222 Å². The molecule has 190 valence electrons. The van der Waals surface area contributed by atoms with Crippen LogP contribution in [0.4, 0.5) is 5.69 Å². The van der Waals surface area contributed by atoms with E-state index in [1.807, 2.05) is 31.2 Å². The van der Waals surface area contributed by atoms with Crippen molar-refractivity contribution in [2.45, 2.75) is 32.2 Å². The number of halogens is 1. The lowest BCUT2D eigenvalue weighted by atomic mass is 10.1. The summed E-state index contributed by atoms with van der Waals surface area (Å²) in [5.74, 6) is -0.177. The number of piperazine rings is 1. The zero-order chi connectivity index (χ0) is 25.9. The number of benzene rings is 3. The Morgan fingerprint density at radius 1 is 0.889 bits per heavy atom. The van der Waals surface area contributed by atoms with Gasteiger partial charge >= 0.3 is 0 Å². The van der Waals surface area contributed by atoms with Crippen LogP contribution < -0.4 is 4.90 Å². The van der Waals surface area contributed by atoms with Crippen LogP contribution in [0.2, 0.25) is 0 Å². The van der Waals surface area contributed by atoms with E-state index in [1.165, 1.54) is 21.1 Å². The first-order valence-electron chi connectivity index (χ1n) is 12.1. The van der Waals surface area contributed by atoms with Crippen LogP contribution in [-0.2, 0) is 21.4 Å². The molecule has 1 fully saturated rings. The van der Waals surface area contributed by atoms with E-state index < -0.39 is 10.0 Å². The Bertz CT molecular complexity index is 1320. The quantitative estimate of drug-likeness (QED) is 0.405. The van der Waals surface area contributed by atoms with E-state index in [-0.39, 0.29) is 23.9 Å². The monoisotopic (exact) mass is 569 g/mol. The summed E-state index contributed by atoms with van der Waals surface area (Å²) in [5.41, 5.74) is 5.63. The van der Waals surface area contributed by atoms with Crippen molar-refractivity contribution in [1.29, 1.82) is 0 Å². The number of nitrogens with zero attached hydrogens (tertiary/aromatic N) is 3. The Morgan fingerprint density at radius 3 is 2.17 bits per heavy atom. The fraction of sp³-hybridized carbons (Fsp3) is 0.321. The van der Waals surface area contributed by atoms with Crippen molar-refractivity contribution in [2.75, 3.05) is 37.6 Å². The number of hydrogen-bond donors (Lipinski definition) is 0. The van der Waals surface area contributed by atoms with E-state index in [0.29, 0.717) is 26.2 Å². The molecule has 0 radical (unpaired) electrons. The molecule has 0 atom stereocenters. The zero-order valence-electron chi connectivity index (χ0n) is 20.9. The van der Waals surface area contributed by atoms with Crippen molar-refractivity contribution >= 4 is 37.5 Å². The minimum absolute atomic E-state index is 0.132. The average molecular weight is 571 g/mol. The van der Waals surface area contributed by atoms with Gasteiger partial charge in [-0.25, -0.2) is 8.42 Å². The van der Waals surface area contributed by atoms with Crippen molar-refractivity contribution in [1.82, 2.24) is 9.21 Å². The van der Waals surface area contributed by atoms with Crippen LogP contribution in [0, 0.1) is 20.8 Å². The van der Waals surface area contributed by atoms with Crippen LogP contribution in [0.3, 0.4) is 0 Å². The molecule has 0 unspecified atom stereocenters. The van der Waals surface area contributed by atoms with Crippen LogP contribution in [-0.4, -0.2) is 56.3 Å². The summed E-state index contributed by atoms with van der Waals surface area (Å²) in [7, 11) is -3.87. The van der Waals surface area contributed by atoms with E-state index in [1.54, 1.807) is 29.2 Å². The van der Waals surface area contributed by atoms with E-state index >= 15 is 0 Å². The van der Waals surface area contributed by atoms with Gasteiger partial charge in [0.25, 0.3) is 0 Å². The lowest BCUT2D eigenvalue weighted by molar-refractivity contribution is -0.131. The molecule has 36 heavy (non-hydrogen) atoms. The fourth-order valence-corrected chi connectivity index (χ4v) is 6.05. The molecule has 6 nitrogen and oxygen atoms in total. The van der Waals surface area contributed by atoms with Crippen LogP contribution in [0.25, 0.3) is 0 Å². The van der Waals surface area contributed by atoms with Crippen LogP contribution >= 0.6 is 15.9 Å². The van der Waals surface area contributed by atoms with Crippen molar-refractivity contribution in [3.05, 3.63) is 93.5 Å². The van der Waals surface area contributed by atoms with Gasteiger partial charge in [0.1, 0.15) is 0 Å². The number of aryl methyl sites for hydroxylation is 2. The molecule has 1 saturated heterocycles. The third-order valence-corrected chi connectivity index (χ3v) is 9.13. The van der Waals surface area contributed by atoms with Crippen molar-refractivity contribution in [3.8, 4) is 0 Å². The fourth-order valence-electron chi connectivity index (χ4n) is 4.40. The Balaban J connectivity index is 1.50. The SMILES string of the molecule is Cc1ccc(CN(CC(=O)N2CCN(c3cccc(C)c3C)CC2)S(=O)(=O)c2ccc(Br)cc2)cc1. The maximum absolute atomic E-state index is 13.6. The van der Waals surface area contributed by atoms with E-state index in [9.17, 15) is 13.2 Å². The summed E-state index contributed by atoms with van der Waals surface area (Å²) >= 11 is 3.36. The average Bonchev–Trinajstić information content (AvgIpc) is 2.87. The Morgan fingerprint density at radius 2 is 1.53 bits per heavy atom. The highest BCUT2D eigenvalue weighted by Crippen LogP contribution is 2.25. The van der Waals surface area contributed by atoms with Gasteiger partial charge in [-0.2, -0.15) is 4.31 Å². The summed E-state index contributed by atoms with van der Waals surface area (Å²) in [4.78, 5) is 17.6. The molecule has 1 heterocycles. The number of amides is 1. The van der Waals surface area contributed by atoms with Crippen LogP contribution in [0.1, 0.15) is 22.3 Å². The number of carbonyl (C=O) groups is 1. The molecule has 0 saturated carbocycles. The lowest BCUT2D eigenvalue weighted by Gasteiger charge is -2.37. The zero-order valence-corrected chi connectivity index (χ0v) is 23.3. The van der Waals surface area contributed by atoms with Gasteiger partial charge in [0.15, 0.2) is 0 Å². The smallest absolute Gasteiger partial charge is 0.243 e. The number of anilines is 1. The number of hydrogen-bond acceptors (Lipinski definition) is 4. The third-order valence-electron chi connectivity index (χ3n) is 6.79. The van der Waals surface area contributed by atoms with Gasteiger partial charge in [0.05, 0.1) is 11.4 Å². The van der Waals surface area contributed by atoms with Gasteiger partial charge in [-0.1, -0.05) is 57.9 Å². The maximum Gasteiger partial charge on any atom is 0.243 e. The van der Waals surface area contributed by atoms with Gasteiger partial charge in [-0.15, -0.1) is 0 Å². The largest absolute Gasteiger partial charge is 0.368 e. The molecule has 0 spiro atoms. The molecule has 0 bridgehead atoms. The van der Waals surface area contributed by atoms with Crippen molar-refractivity contribution < 1.29 is 13.2 Å². The summed E-state index contributed by atoms with van der Waals surface area (Å²) in [6.07, 6.45) is 0. The summed E-state index contributed by atoms with van der Waals surface area (Å²) in [6, 6.07) is 20.5. The molecule has 3 aromatic carbocycles. The van der Waals surface area contributed by atoms with Crippen molar-refractivity contribution in [2.24, 2.45) is 0 Å². The summed E-state index contributed by atoms with van der Waals surface area (Å²) < 4.78 is 29.2. The van der Waals surface area contributed by atoms with Crippen molar-refractivity contribution in [3.63, 3.8) is 0 Å². The molecule has 1 aliphatic rings. The van der Waals surface area contributed by atoms with E-state index in [0.717, 1.165) is 15.6 Å². The standard InChI is InChI=1S/C28H32BrN3O3S/c1-21-7-9-24(10-8-21)19-32(36(34,35)26-13-11-25(29)12-14-26)20-28(33)31-17-15-30(16-18-31)27-6-4-5-22(2)23(27)3/h4-14H,15-20H2,1-3H3. The summed E-state index contributed by atoms with van der Waals surface area (Å²) in [5, 5.41) is 0. The summed E-state index contributed by atoms with van der Waals surface area (Å²) in [6.45, 7) is 8.70. The van der Waals surface area contributed by atoms with Crippen LogP contribution in [0.15, 0.2) is 76.1 Å². The molecule has 3 aromatic rings. The van der Waals surface area contributed by atoms with Crippen LogP contribution in [0.5, 0.6) is 0 Å². The van der Waals surface area contributed by atoms with Gasteiger partial charge in [-0.05, 0) is 67.8 Å². The normalized spacial score (nSPS) is 14.4. The highest BCUT2D eigenvalue weighted by Gasteiger charge is 2.30. The minimum atomic E-state index is -3.87. The molecule has 0 aromatic heterocycles. The topological polar surface area (TPSA) is 60.9 Å². The molecule has 8 heteroatoms. The third kappa shape index (κ3) is 5.99. The Kier molecular flexibility index (Phi) is 8.17. The minimum Gasteiger partial charge on any atom is -0.368 e. The second kappa shape index (κ2) is 11.2. The highest BCUT2D eigenvalue weighted by molar-refractivity contribution is 9.10. The predicted molar refractivity (Wildman–Crippen MR) is 148 cm³/mol. The first kappa shape index (κ1) is 26.4. The molecular formula is C28H32BrN3O3S. The second-order valence-electron chi connectivity index (χ2n) is 9.30. The number of sulfonamides is 1. The highest BCUT2D eigenvalue weighted by atomic mass is 79.9. The number of rotatable bonds is 7. The molecular weight excluding hydrogens is 538 g/mol. The number of carbonyl (C=O) groups excluding carboxylic acids is 1. The molecule has 1 amide bonds. The molecule has 1 aliphatic heterocycles. The van der Waals surface area contributed by atoms with Gasteiger partial charge in [0, 0.05) is 42.9 Å². The van der Waals surface area contributed by atoms with E-state index in [4.69, 9.17) is 0 Å². The molecule has 4 rings (SSSR count). The van der Waals surface area contributed by atoms with Gasteiger partial charge < -0.3 is 9.80 Å². The first-order valence-corrected chi connectivity index (χ1v) is 14.3. The lowest BCUT2D eigenvalue weighted by Crippen LogP contribution is -2.52.